The van der Waals surface area contributed by atoms with Crippen LogP contribution in [0, 0.1) is 0 Å². The van der Waals surface area contributed by atoms with Gasteiger partial charge in [0.05, 0.1) is 17.4 Å². The third kappa shape index (κ3) is 1.92. The molecular weight excluding hydrogens is 240 g/mol. The number of anilines is 2. The minimum atomic E-state index is -0.0832. The molecule has 3 N–H and O–H groups in total. The van der Waals surface area contributed by atoms with Gasteiger partial charge < -0.3 is 10.7 Å². The Kier molecular flexibility index (Phi) is 2.83. The van der Waals surface area contributed by atoms with Crippen molar-refractivity contribution in [3.8, 4) is 0 Å². The first-order valence-electron chi connectivity index (χ1n) is 6.45. The van der Waals surface area contributed by atoms with E-state index in [1.54, 1.807) is 6.20 Å². The summed E-state index contributed by atoms with van der Waals surface area (Å²) in [7, 11) is 0. The second-order valence-electron chi connectivity index (χ2n) is 4.78. The van der Waals surface area contributed by atoms with E-state index in [-0.39, 0.29) is 5.91 Å². The van der Waals surface area contributed by atoms with Gasteiger partial charge in [-0.05, 0) is 19.4 Å². The Morgan fingerprint density at radius 1 is 1.42 bits per heavy atom. The summed E-state index contributed by atoms with van der Waals surface area (Å²) >= 11 is 0. The lowest BCUT2D eigenvalue weighted by Crippen LogP contribution is -2.31. The van der Waals surface area contributed by atoms with Crippen LogP contribution in [0.5, 0.6) is 0 Å². The van der Waals surface area contributed by atoms with Crippen LogP contribution in [0.2, 0.25) is 0 Å². The molecule has 0 fully saturated rings. The monoisotopic (exact) mass is 256 g/mol. The van der Waals surface area contributed by atoms with Crippen molar-refractivity contribution in [1.82, 2.24) is 10.4 Å². The molecule has 0 unspecified atom stereocenters. The molecule has 1 aromatic heterocycles. The molecule has 1 amide bonds. The summed E-state index contributed by atoms with van der Waals surface area (Å²) in [6.45, 7) is 4.22. The lowest BCUT2D eigenvalue weighted by Gasteiger charge is -2.15. The normalized spacial score (nSPS) is 14.5. The van der Waals surface area contributed by atoms with Gasteiger partial charge in [-0.25, -0.2) is 10.4 Å². The molecule has 2 heterocycles. The Labute approximate surface area is 111 Å². The molecule has 1 aromatic carbocycles. The molecule has 3 rings (SSSR count). The molecule has 98 valence electrons. The van der Waals surface area contributed by atoms with Crippen LogP contribution < -0.4 is 16.2 Å². The first kappa shape index (κ1) is 11.9. The summed E-state index contributed by atoms with van der Waals surface area (Å²) in [5.74, 6) is 0.560. The minimum absolute atomic E-state index is 0.0832. The number of amides is 1. The molecular formula is C14H16N4O. The largest absolute Gasteiger partial charge is 0.319 e. The Morgan fingerprint density at radius 2 is 2.26 bits per heavy atom. The van der Waals surface area contributed by atoms with Crippen LogP contribution in [0.1, 0.15) is 30.6 Å². The summed E-state index contributed by atoms with van der Waals surface area (Å²) in [4.78, 5) is 16.1. The van der Waals surface area contributed by atoms with Gasteiger partial charge >= 0.3 is 0 Å². The minimum Gasteiger partial charge on any atom is -0.319 e. The lowest BCUT2D eigenvalue weighted by atomic mass is 10.1. The van der Waals surface area contributed by atoms with E-state index in [9.17, 15) is 4.79 Å². The van der Waals surface area contributed by atoms with E-state index >= 15 is 0 Å². The average Bonchev–Trinajstić information content (AvgIpc) is 2.76. The Morgan fingerprint density at radius 3 is 3.05 bits per heavy atom. The van der Waals surface area contributed by atoms with Gasteiger partial charge in [-0.3, -0.25) is 4.79 Å². The summed E-state index contributed by atoms with van der Waals surface area (Å²) in [5.41, 5.74) is 7.97. The maximum Gasteiger partial charge on any atom is 0.257 e. The third-order valence-electron chi connectivity index (χ3n) is 3.46. The number of hydrazine groups is 1. The Bertz CT molecular complexity index is 653. The van der Waals surface area contributed by atoms with E-state index < -0.39 is 0 Å². The van der Waals surface area contributed by atoms with Crippen LogP contribution in [0.3, 0.4) is 0 Å². The fraction of sp³-hybridized carbons (Fsp3) is 0.286. The van der Waals surface area contributed by atoms with Crippen molar-refractivity contribution in [1.29, 1.82) is 0 Å². The number of benzene rings is 1. The number of aromatic nitrogens is 1. The number of hydrogen-bond acceptors (Lipinski definition) is 4. The van der Waals surface area contributed by atoms with E-state index in [4.69, 9.17) is 0 Å². The number of hydrogen-bond donors (Lipinski definition) is 3. The van der Waals surface area contributed by atoms with Gasteiger partial charge in [-0.15, -0.1) is 0 Å². The van der Waals surface area contributed by atoms with Crippen LogP contribution in [-0.2, 0) is 0 Å². The second-order valence-corrected chi connectivity index (χ2v) is 4.78. The molecule has 5 heteroatoms. The van der Waals surface area contributed by atoms with Crippen LogP contribution in [-0.4, -0.2) is 16.9 Å². The molecule has 0 spiro atoms. The maximum absolute atomic E-state index is 11.8. The molecule has 2 aromatic rings. The second kappa shape index (κ2) is 4.51. The van der Waals surface area contributed by atoms with Crippen LogP contribution in [0.4, 0.5) is 11.5 Å². The zero-order chi connectivity index (χ0) is 13.4. The standard InChI is InChI=1S/C14H16N4O/c1-3-8(2)17-18-11-7-15-13-12-9(11)5-4-6-10(12)14(19)16-13/h4-8,17-18H,3H2,1-2H3,(H,15,16,19)/t8-/m1/s1. The van der Waals surface area contributed by atoms with Crippen LogP contribution >= 0.6 is 0 Å². The molecule has 0 bridgehead atoms. The summed E-state index contributed by atoms with van der Waals surface area (Å²) in [6, 6.07) is 6.07. The molecule has 0 radical (unpaired) electrons. The number of rotatable bonds is 4. The van der Waals surface area contributed by atoms with Gasteiger partial charge in [-0.1, -0.05) is 19.1 Å². The number of nitrogens with one attached hydrogen (secondary N) is 3. The number of carbonyl (C=O) groups excluding carboxylic acids is 1. The SMILES string of the molecule is CC[C@@H](C)NNc1cnc2c3c(cccc13)C(=O)N2. The van der Waals surface area contributed by atoms with Crippen molar-refractivity contribution >= 4 is 28.2 Å². The van der Waals surface area contributed by atoms with Crippen molar-refractivity contribution in [2.45, 2.75) is 26.3 Å². The highest BCUT2D eigenvalue weighted by Crippen LogP contribution is 2.34. The van der Waals surface area contributed by atoms with Gasteiger partial charge in [0, 0.05) is 16.8 Å². The first-order chi connectivity index (χ1) is 9.20. The molecule has 0 saturated carbocycles. The highest BCUT2D eigenvalue weighted by molar-refractivity contribution is 6.24. The average molecular weight is 256 g/mol. The van der Waals surface area contributed by atoms with E-state index in [0.717, 1.165) is 22.9 Å². The zero-order valence-corrected chi connectivity index (χ0v) is 10.9. The number of carbonyl (C=O) groups is 1. The summed E-state index contributed by atoms with van der Waals surface area (Å²) in [6.07, 6.45) is 2.77. The van der Waals surface area contributed by atoms with Crippen molar-refractivity contribution < 1.29 is 4.79 Å². The number of nitrogens with zero attached hydrogens (tertiary/aromatic N) is 1. The quantitative estimate of drug-likeness (QED) is 0.735. The van der Waals surface area contributed by atoms with Crippen molar-refractivity contribution in [3.63, 3.8) is 0 Å². The molecule has 0 saturated heterocycles. The van der Waals surface area contributed by atoms with Gasteiger partial charge in [0.2, 0.25) is 0 Å². The van der Waals surface area contributed by atoms with Gasteiger partial charge in [-0.2, -0.15) is 0 Å². The topological polar surface area (TPSA) is 66.0 Å². The predicted octanol–water partition coefficient (Wildman–Crippen LogP) is 2.52. The van der Waals surface area contributed by atoms with Crippen molar-refractivity contribution in [2.24, 2.45) is 0 Å². The van der Waals surface area contributed by atoms with Gasteiger partial charge in [0.1, 0.15) is 5.82 Å². The van der Waals surface area contributed by atoms with E-state index in [2.05, 4.69) is 35.0 Å². The molecule has 1 aliphatic heterocycles. The van der Waals surface area contributed by atoms with Gasteiger partial charge in [0.25, 0.3) is 5.91 Å². The molecule has 19 heavy (non-hydrogen) atoms. The van der Waals surface area contributed by atoms with E-state index in [1.165, 1.54) is 0 Å². The summed E-state index contributed by atoms with van der Waals surface area (Å²) < 4.78 is 0. The van der Waals surface area contributed by atoms with E-state index in [0.29, 0.717) is 17.4 Å². The molecule has 0 aliphatic carbocycles. The lowest BCUT2D eigenvalue weighted by molar-refractivity contribution is 0.103. The fourth-order valence-corrected chi connectivity index (χ4v) is 2.16. The molecule has 1 atom stereocenters. The van der Waals surface area contributed by atoms with Crippen molar-refractivity contribution in [2.75, 3.05) is 10.7 Å². The number of pyridine rings is 1. The van der Waals surface area contributed by atoms with Gasteiger partial charge in [0.15, 0.2) is 0 Å². The zero-order valence-electron chi connectivity index (χ0n) is 10.9. The van der Waals surface area contributed by atoms with E-state index in [1.807, 2.05) is 18.2 Å². The molecule has 1 aliphatic rings. The predicted molar refractivity (Wildman–Crippen MR) is 76.2 cm³/mol. The van der Waals surface area contributed by atoms with Crippen LogP contribution in [0.15, 0.2) is 24.4 Å². The Balaban J connectivity index is 2.04. The molecule has 5 nitrogen and oxygen atoms in total. The summed E-state index contributed by atoms with van der Waals surface area (Å²) in [5, 5.41) is 4.66. The Hall–Kier alpha value is -2.14. The van der Waals surface area contributed by atoms with Crippen molar-refractivity contribution in [3.05, 3.63) is 30.0 Å². The highest BCUT2D eigenvalue weighted by Gasteiger charge is 2.23. The first-order valence-corrected chi connectivity index (χ1v) is 6.45. The van der Waals surface area contributed by atoms with Crippen LogP contribution in [0.25, 0.3) is 10.8 Å². The third-order valence-corrected chi connectivity index (χ3v) is 3.46. The highest BCUT2D eigenvalue weighted by atomic mass is 16.1. The fourth-order valence-electron chi connectivity index (χ4n) is 2.16. The smallest absolute Gasteiger partial charge is 0.257 e. The maximum atomic E-state index is 11.8.